The molecule has 3 aromatic carbocycles. The summed E-state index contributed by atoms with van der Waals surface area (Å²) < 4.78 is 0. The molecule has 142 valence electrons. The molecule has 4 rings (SSSR count). The molecule has 0 aliphatic carbocycles. The van der Waals surface area contributed by atoms with Crippen LogP contribution in [-0.4, -0.2) is 29.9 Å². The van der Waals surface area contributed by atoms with Gasteiger partial charge < -0.3 is 10.2 Å². The Kier molecular flexibility index (Phi) is 5.27. The first-order valence-electron chi connectivity index (χ1n) is 9.87. The van der Waals surface area contributed by atoms with E-state index < -0.39 is 0 Å². The molecule has 0 spiro atoms. The van der Waals surface area contributed by atoms with E-state index in [1.165, 1.54) is 16.7 Å². The number of amidine groups is 1. The monoisotopic (exact) mass is 369 g/mol. The summed E-state index contributed by atoms with van der Waals surface area (Å²) in [6, 6.07) is 32.1. The number of hydrogen-bond acceptors (Lipinski definition) is 3. The topological polar surface area (TPSA) is 27.6 Å². The maximum Gasteiger partial charge on any atom is 0.132 e. The predicted octanol–water partition coefficient (Wildman–Crippen LogP) is 4.67. The highest BCUT2D eigenvalue weighted by molar-refractivity contribution is 6.00. The molecule has 1 N–H and O–H groups in total. The fourth-order valence-electron chi connectivity index (χ4n) is 4.26. The van der Waals surface area contributed by atoms with Crippen molar-refractivity contribution in [3.63, 3.8) is 0 Å². The third-order valence-corrected chi connectivity index (χ3v) is 5.41. The van der Waals surface area contributed by atoms with Crippen molar-refractivity contribution in [2.45, 2.75) is 25.0 Å². The van der Waals surface area contributed by atoms with Gasteiger partial charge in [-0.2, -0.15) is 0 Å². The van der Waals surface area contributed by atoms with Gasteiger partial charge in [-0.05, 0) is 25.1 Å². The van der Waals surface area contributed by atoms with Crippen LogP contribution in [0.4, 0.5) is 0 Å². The zero-order valence-electron chi connectivity index (χ0n) is 16.5. The molecule has 0 fully saturated rings. The summed E-state index contributed by atoms with van der Waals surface area (Å²) in [5, 5.41) is 3.37. The van der Waals surface area contributed by atoms with E-state index in [-0.39, 0.29) is 11.6 Å². The van der Waals surface area contributed by atoms with E-state index in [2.05, 4.69) is 108 Å². The summed E-state index contributed by atoms with van der Waals surface area (Å²) >= 11 is 0. The highest BCUT2D eigenvalue weighted by atomic mass is 15.3. The van der Waals surface area contributed by atoms with Crippen molar-refractivity contribution in [2.75, 3.05) is 13.6 Å². The molecule has 0 aromatic heterocycles. The van der Waals surface area contributed by atoms with Crippen LogP contribution in [0, 0.1) is 0 Å². The van der Waals surface area contributed by atoms with Gasteiger partial charge in [0, 0.05) is 18.7 Å². The zero-order chi connectivity index (χ0) is 19.4. The first-order chi connectivity index (χ1) is 13.7. The van der Waals surface area contributed by atoms with E-state index in [0.29, 0.717) is 0 Å². The number of likely N-dealkylation sites (N-methyl/N-ethyl adjacent to an activating group) is 1. The predicted molar refractivity (Wildman–Crippen MR) is 116 cm³/mol. The van der Waals surface area contributed by atoms with E-state index in [1.807, 2.05) is 7.05 Å². The van der Waals surface area contributed by atoms with E-state index >= 15 is 0 Å². The summed E-state index contributed by atoms with van der Waals surface area (Å²) in [6.07, 6.45) is 0. The van der Waals surface area contributed by atoms with Crippen molar-refractivity contribution in [1.82, 2.24) is 10.2 Å². The molecule has 0 amide bonds. The lowest BCUT2D eigenvalue weighted by molar-refractivity contribution is 0.236. The van der Waals surface area contributed by atoms with Gasteiger partial charge in [-0.3, -0.25) is 4.99 Å². The van der Waals surface area contributed by atoms with Crippen LogP contribution in [0.25, 0.3) is 0 Å². The molecule has 3 heteroatoms. The average molecular weight is 370 g/mol. The third kappa shape index (κ3) is 3.58. The van der Waals surface area contributed by atoms with Gasteiger partial charge >= 0.3 is 0 Å². The Hall–Kier alpha value is -2.91. The maximum atomic E-state index is 5.30. The second kappa shape index (κ2) is 7.99. The van der Waals surface area contributed by atoms with Gasteiger partial charge in [0.25, 0.3) is 0 Å². The van der Waals surface area contributed by atoms with Crippen LogP contribution in [0.15, 0.2) is 96.0 Å². The van der Waals surface area contributed by atoms with E-state index in [4.69, 9.17) is 4.99 Å². The summed E-state index contributed by atoms with van der Waals surface area (Å²) in [4.78, 5) is 7.77. The van der Waals surface area contributed by atoms with Crippen LogP contribution < -0.4 is 5.32 Å². The van der Waals surface area contributed by atoms with Crippen LogP contribution in [0.1, 0.15) is 29.7 Å². The highest BCUT2D eigenvalue weighted by Crippen LogP contribution is 2.42. The van der Waals surface area contributed by atoms with Crippen molar-refractivity contribution in [1.29, 1.82) is 0 Å². The minimum Gasteiger partial charge on any atom is -0.343 e. The largest absolute Gasteiger partial charge is 0.343 e. The van der Waals surface area contributed by atoms with Crippen LogP contribution in [0.2, 0.25) is 0 Å². The Morgan fingerprint density at radius 1 is 0.857 bits per heavy atom. The van der Waals surface area contributed by atoms with Gasteiger partial charge in [0.15, 0.2) is 0 Å². The van der Waals surface area contributed by atoms with Crippen LogP contribution in [-0.2, 0) is 6.54 Å². The van der Waals surface area contributed by atoms with Gasteiger partial charge in [0.1, 0.15) is 5.84 Å². The lowest BCUT2D eigenvalue weighted by atomic mass is 9.87. The highest BCUT2D eigenvalue weighted by Gasteiger charge is 2.45. The first-order valence-corrected chi connectivity index (χ1v) is 9.87. The van der Waals surface area contributed by atoms with Crippen molar-refractivity contribution in [3.8, 4) is 0 Å². The van der Waals surface area contributed by atoms with E-state index in [0.717, 1.165) is 18.9 Å². The number of nitrogens with one attached hydrogen (secondary N) is 1. The number of hydrogen-bond donors (Lipinski definition) is 1. The molecule has 3 aromatic rings. The van der Waals surface area contributed by atoms with Crippen LogP contribution in [0.5, 0.6) is 0 Å². The molecule has 0 saturated carbocycles. The SMILES string of the molecule is CNCC1(C)N=C(c2ccccc2)N(Cc2ccccc2)C1c1ccccc1. The Labute approximate surface area is 167 Å². The summed E-state index contributed by atoms with van der Waals surface area (Å²) in [7, 11) is 2.00. The van der Waals surface area contributed by atoms with Gasteiger partial charge in [0.2, 0.25) is 0 Å². The van der Waals surface area contributed by atoms with Gasteiger partial charge in [-0.25, -0.2) is 0 Å². The zero-order valence-corrected chi connectivity index (χ0v) is 16.5. The maximum absolute atomic E-state index is 5.30. The molecule has 1 heterocycles. The van der Waals surface area contributed by atoms with E-state index in [1.54, 1.807) is 0 Å². The molecule has 2 atom stereocenters. The molecular weight excluding hydrogens is 342 g/mol. The molecule has 0 radical (unpaired) electrons. The lowest BCUT2D eigenvalue weighted by Crippen LogP contribution is -2.43. The number of aliphatic imine (C=N–C) groups is 1. The molecule has 0 saturated heterocycles. The first kappa shape index (κ1) is 18.5. The fraction of sp³-hybridized carbons (Fsp3) is 0.240. The lowest BCUT2D eigenvalue weighted by Gasteiger charge is -2.36. The number of benzene rings is 3. The Bertz CT molecular complexity index is 922. The summed E-state index contributed by atoms with van der Waals surface area (Å²) in [5.41, 5.74) is 3.50. The molecule has 3 nitrogen and oxygen atoms in total. The van der Waals surface area contributed by atoms with Crippen LogP contribution >= 0.6 is 0 Å². The molecule has 28 heavy (non-hydrogen) atoms. The summed E-state index contributed by atoms with van der Waals surface area (Å²) in [5.74, 6) is 1.07. The Morgan fingerprint density at radius 3 is 2.04 bits per heavy atom. The third-order valence-electron chi connectivity index (χ3n) is 5.41. The molecule has 2 unspecified atom stereocenters. The quantitative estimate of drug-likeness (QED) is 0.684. The van der Waals surface area contributed by atoms with E-state index in [9.17, 15) is 0 Å². The van der Waals surface area contributed by atoms with Gasteiger partial charge in [-0.1, -0.05) is 91.0 Å². The molecule has 1 aliphatic heterocycles. The van der Waals surface area contributed by atoms with Gasteiger partial charge in [-0.15, -0.1) is 0 Å². The second-order valence-electron chi connectivity index (χ2n) is 7.62. The minimum atomic E-state index is -0.254. The van der Waals surface area contributed by atoms with Crippen LogP contribution in [0.3, 0.4) is 0 Å². The fourth-order valence-corrected chi connectivity index (χ4v) is 4.26. The summed E-state index contributed by atoms with van der Waals surface area (Å²) in [6.45, 7) is 3.90. The number of rotatable bonds is 6. The molecular formula is C25H27N3. The average Bonchev–Trinajstić information content (AvgIpc) is 3.02. The van der Waals surface area contributed by atoms with Crippen molar-refractivity contribution >= 4 is 5.84 Å². The van der Waals surface area contributed by atoms with Crippen molar-refractivity contribution in [2.24, 2.45) is 4.99 Å². The molecule has 0 bridgehead atoms. The second-order valence-corrected chi connectivity index (χ2v) is 7.62. The minimum absolute atomic E-state index is 0.163. The Morgan fingerprint density at radius 2 is 1.43 bits per heavy atom. The normalized spacial score (nSPS) is 21.6. The smallest absolute Gasteiger partial charge is 0.132 e. The Balaban J connectivity index is 1.83. The van der Waals surface area contributed by atoms with Gasteiger partial charge in [0.05, 0.1) is 11.6 Å². The van der Waals surface area contributed by atoms with Crippen molar-refractivity contribution < 1.29 is 0 Å². The van der Waals surface area contributed by atoms with Crippen molar-refractivity contribution in [3.05, 3.63) is 108 Å². The standard InChI is InChI=1S/C25H27N3/c1-25(19-26-2)23(21-14-8-4-9-15-21)28(18-20-12-6-3-7-13-20)24(27-25)22-16-10-5-11-17-22/h3-17,23,26H,18-19H2,1-2H3. The molecule has 1 aliphatic rings. The number of nitrogens with zero attached hydrogens (tertiary/aromatic N) is 2.